The molecule has 2 atom stereocenters. The van der Waals surface area contributed by atoms with E-state index in [9.17, 15) is 19.2 Å². The lowest BCUT2D eigenvalue weighted by Crippen LogP contribution is -2.59. The molecule has 0 aromatic heterocycles. The van der Waals surface area contributed by atoms with Crippen molar-refractivity contribution in [1.29, 1.82) is 0 Å². The molecule has 3 N–H and O–H groups in total. The third-order valence-electron chi connectivity index (χ3n) is 5.37. The second kappa shape index (κ2) is 12.2. The Balaban J connectivity index is 2.33. The van der Waals surface area contributed by atoms with Crippen molar-refractivity contribution in [3.63, 3.8) is 0 Å². The minimum atomic E-state index is -1.36. The number of hydrazone groups is 1. The summed E-state index contributed by atoms with van der Waals surface area (Å²) in [7, 11) is 2.94. The molecule has 0 saturated carbocycles. The highest BCUT2D eigenvalue weighted by molar-refractivity contribution is 8.14. The number of carbonyl (C=O) groups is 4. The first-order valence-corrected chi connectivity index (χ1v) is 11.7. The molecule has 0 radical (unpaired) electrons. The zero-order chi connectivity index (χ0) is 23.8. The molecule has 32 heavy (non-hydrogen) atoms. The van der Waals surface area contributed by atoms with E-state index in [1.54, 1.807) is 0 Å². The van der Waals surface area contributed by atoms with Gasteiger partial charge in [0.05, 0.1) is 13.2 Å². The van der Waals surface area contributed by atoms with Gasteiger partial charge >= 0.3 is 12.0 Å². The van der Waals surface area contributed by atoms with Crippen molar-refractivity contribution in [2.45, 2.75) is 45.2 Å². The standard InChI is InChI=1S/C20H33N5O6S/c1-12(2)11-14(21)18(28)25(20(29)30-4)15(13-5-8-31-9-6-13)16(26)17(27)22-23-19-24(3)7-10-32-19/h12-15H,5-11,21H2,1-4H3,(H,22,27)/b23-19-/t14-,15?/m0/s1. The number of hydrogen-bond donors (Lipinski definition) is 2. The van der Waals surface area contributed by atoms with Gasteiger partial charge in [0, 0.05) is 32.6 Å². The Morgan fingerprint density at radius 3 is 2.50 bits per heavy atom. The van der Waals surface area contributed by atoms with Crippen molar-refractivity contribution in [3.8, 4) is 0 Å². The number of ether oxygens (including phenoxy) is 2. The van der Waals surface area contributed by atoms with E-state index in [0.29, 0.717) is 42.5 Å². The highest BCUT2D eigenvalue weighted by Crippen LogP contribution is 2.26. The number of methoxy groups -OCH3 is 1. The summed E-state index contributed by atoms with van der Waals surface area (Å²) < 4.78 is 10.2. The summed E-state index contributed by atoms with van der Waals surface area (Å²) in [5.41, 5.74) is 8.32. The summed E-state index contributed by atoms with van der Waals surface area (Å²) >= 11 is 1.45. The Morgan fingerprint density at radius 2 is 1.97 bits per heavy atom. The largest absolute Gasteiger partial charge is 0.452 e. The molecule has 0 aliphatic carbocycles. The monoisotopic (exact) mass is 471 g/mol. The van der Waals surface area contributed by atoms with E-state index in [2.05, 4.69) is 10.5 Å². The number of rotatable bonds is 8. The maximum Gasteiger partial charge on any atom is 0.417 e. The number of carbonyl (C=O) groups excluding carboxylic acids is 4. The maximum absolute atomic E-state index is 13.3. The van der Waals surface area contributed by atoms with Crippen LogP contribution in [-0.2, 0) is 23.9 Å². The van der Waals surface area contributed by atoms with Crippen LogP contribution < -0.4 is 11.2 Å². The Labute approximate surface area is 192 Å². The first-order chi connectivity index (χ1) is 15.2. The molecule has 2 fully saturated rings. The average molecular weight is 472 g/mol. The van der Waals surface area contributed by atoms with Gasteiger partial charge in [0.25, 0.3) is 0 Å². The number of nitrogens with zero attached hydrogens (tertiary/aromatic N) is 3. The first kappa shape index (κ1) is 26.1. The lowest BCUT2D eigenvalue weighted by molar-refractivity contribution is -0.147. The highest BCUT2D eigenvalue weighted by Gasteiger charge is 2.45. The number of nitrogens with two attached hydrogens (primary N) is 1. The van der Waals surface area contributed by atoms with Crippen LogP contribution in [0.2, 0.25) is 0 Å². The minimum Gasteiger partial charge on any atom is -0.452 e. The van der Waals surface area contributed by atoms with Gasteiger partial charge in [0.2, 0.25) is 11.7 Å². The van der Waals surface area contributed by atoms with Crippen LogP contribution in [0.5, 0.6) is 0 Å². The Kier molecular flexibility index (Phi) is 9.91. The van der Waals surface area contributed by atoms with E-state index >= 15 is 0 Å². The third-order valence-corrected chi connectivity index (χ3v) is 6.42. The third kappa shape index (κ3) is 6.66. The molecule has 0 aromatic carbocycles. The molecule has 2 aliphatic rings. The van der Waals surface area contributed by atoms with Gasteiger partial charge in [-0.25, -0.2) is 15.1 Å². The van der Waals surface area contributed by atoms with Gasteiger partial charge in [-0.1, -0.05) is 25.6 Å². The van der Waals surface area contributed by atoms with Crippen molar-refractivity contribution in [1.82, 2.24) is 15.2 Å². The maximum atomic E-state index is 13.3. The van der Waals surface area contributed by atoms with Crippen LogP contribution in [0.3, 0.4) is 0 Å². The molecule has 2 rings (SSSR count). The number of Topliss-reactive ketones (excluding diaryl/α,β-unsaturated/α-hetero) is 1. The molecule has 0 aromatic rings. The van der Waals surface area contributed by atoms with Gasteiger partial charge in [-0.2, -0.15) is 0 Å². The lowest BCUT2D eigenvalue weighted by atomic mass is 9.87. The van der Waals surface area contributed by atoms with Crippen molar-refractivity contribution in [2.24, 2.45) is 22.7 Å². The van der Waals surface area contributed by atoms with Crippen molar-refractivity contribution in [2.75, 3.05) is 39.7 Å². The predicted molar refractivity (Wildman–Crippen MR) is 120 cm³/mol. The summed E-state index contributed by atoms with van der Waals surface area (Å²) in [6.07, 6.45) is 0.0857. The van der Waals surface area contributed by atoms with Crippen LogP contribution in [0.1, 0.15) is 33.1 Å². The molecule has 11 nitrogen and oxygen atoms in total. The molecule has 1 unspecified atom stereocenters. The number of nitrogens with one attached hydrogen (secondary N) is 1. The zero-order valence-corrected chi connectivity index (χ0v) is 19.9. The number of hydrogen-bond acceptors (Lipinski definition) is 9. The molecule has 2 aliphatic heterocycles. The number of thioether (sulfide) groups is 1. The summed E-state index contributed by atoms with van der Waals surface area (Å²) in [5, 5.41) is 4.59. The van der Waals surface area contributed by atoms with Crippen LogP contribution in [0.4, 0.5) is 4.79 Å². The molecule has 2 saturated heterocycles. The van der Waals surface area contributed by atoms with Crippen LogP contribution in [0.25, 0.3) is 0 Å². The van der Waals surface area contributed by atoms with E-state index in [1.165, 1.54) is 11.8 Å². The summed E-state index contributed by atoms with van der Waals surface area (Å²) in [6, 6.07) is -2.37. The second-order valence-corrected chi connectivity index (χ2v) is 9.34. The first-order valence-electron chi connectivity index (χ1n) is 10.7. The van der Waals surface area contributed by atoms with Gasteiger partial charge in [-0.05, 0) is 31.1 Å². The molecule has 180 valence electrons. The zero-order valence-electron chi connectivity index (χ0n) is 19.0. The van der Waals surface area contributed by atoms with Crippen molar-refractivity contribution < 1.29 is 28.7 Å². The van der Waals surface area contributed by atoms with Gasteiger partial charge in [-0.15, -0.1) is 5.10 Å². The van der Waals surface area contributed by atoms with Crippen LogP contribution in [-0.4, -0.2) is 90.4 Å². The molecular formula is C20H33N5O6S. The van der Waals surface area contributed by atoms with Crippen LogP contribution in [0.15, 0.2) is 5.10 Å². The fourth-order valence-electron chi connectivity index (χ4n) is 3.69. The van der Waals surface area contributed by atoms with Gasteiger partial charge in [0.15, 0.2) is 5.17 Å². The van der Waals surface area contributed by atoms with Gasteiger partial charge in [-0.3, -0.25) is 14.4 Å². The molecule has 3 amide bonds. The minimum absolute atomic E-state index is 0.0886. The van der Waals surface area contributed by atoms with E-state index in [4.69, 9.17) is 15.2 Å². The summed E-state index contributed by atoms with van der Waals surface area (Å²) in [4.78, 5) is 54.3. The number of amides is 3. The SMILES string of the molecule is COC(=O)N(C(=O)[C@@H](N)CC(C)C)C(C(=O)C(=O)N/N=C1\SCCN1C)C1CCOCC1. The van der Waals surface area contributed by atoms with Gasteiger partial charge in [0.1, 0.15) is 6.04 Å². The summed E-state index contributed by atoms with van der Waals surface area (Å²) in [6.45, 7) is 5.25. The normalized spacial score (nSPS) is 20.2. The Hall–Kier alpha value is -2.18. The van der Waals surface area contributed by atoms with E-state index in [0.717, 1.165) is 19.4 Å². The Bertz CT molecular complexity index is 740. The lowest BCUT2D eigenvalue weighted by Gasteiger charge is -2.36. The molecular weight excluding hydrogens is 438 g/mol. The molecule has 0 spiro atoms. The average Bonchev–Trinajstić information content (AvgIpc) is 3.19. The smallest absolute Gasteiger partial charge is 0.417 e. The quantitative estimate of drug-likeness (QED) is 0.379. The topological polar surface area (TPSA) is 144 Å². The van der Waals surface area contributed by atoms with Gasteiger partial charge < -0.3 is 20.1 Å². The highest BCUT2D eigenvalue weighted by atomic mass is 32.2. The van der Waals surface area contributed by atoms with E-state index < -0.39 is 41.7 Å². The number of ketones is 1. The van der Waals surface area contributed by atoms with Crippen LogP contribution >= 0.6 is 11.8 Å². The fraction of sp³-hybridized carbons (Fsp3) is 0.750. The van der Waals surface area contributed by atoms with Crippen molar-refractivity contribution >= 4 is 40.6 Å². The number of imide groups is 1. The van der Waals surface area contributed by atoms with Crippen molar-refractivity contribution in [3.05, 3.63) is 0 Å². The summed E-state index contributed by atoms with van der Waals surface area (Å²) in [5.74, 6) is -2.25. The molecule has 2 heterocycles. The van der Waals surface area contributed by atoms with E-state index in [1.807, 2.05) is 25.8 Å². The molecule has 0 bridgehead atoms. The second-order valence-electron chi connectivity index (χ2n) is 8.28. The van der Waals surface area contributed by atoms with Crippen LogP contribution in [0, 0.1) is 11.8 Å². The van der Waals surface area contributed by atoms with E-state index in [-0.39, 0.29) is 5.92 Å². The molecule has 12 heteroatoms. The fourth-order valence-corrected chi connectivity index (χ4v) is 4.65. The predicted octanol–water partition coefficient (Wildman–Crippen LogP) is 0.385. The Morgan fingerprint density at radius 1 is 1.31 bits per heavy atom. The number of amidine groups is 1.